The van der Waals surface area contributed by atoms with E-state index >= 15 is 0 Å². The number of rotatable bonds is 3. The molecular weight excluding hydrogens is 170 g/mol. The topological polar surface area (TPSA) is 77.1 Å². The maximum Gasteiger partial charge on any atom is 0.267 e. The predicted molar refractivity (Wildman–Crippen MR) is 49.7 cm³/mol. The van der Waals surface area contributed by atoms with Crippen molar-refractivity contribution in [3.05, 3.63) is 24.0 Å². The maximum absolute atomic E-state index is 10.6. The zero-order chi connectivity index (χ0) is 10.3. The lowest BCUT2D eigenvalue weighted by molar-refractivity contribution is -0.106. The smallest absolute Gasteiger partial charge is 0.267 e. The average Bonchev–Trinajstić information content (AvgIpc) is 2.57. The number of carbonyl (C=O) groups is 2. The zero-order valence-electron chi connectivity index (χ0n) is 7.65. The van der Waals surface area contributed by atoms with Crippen LogP contribution in [0.3, 0.4) is 0 Å². The van der Waals surface area contributed by atoms with Crippen LogP contribution in [0.15, 0.2) is 18.3 Å². The second-order valence-electron chi connectivity index (χ2n) is 1.87. The number of nitrogens with two attached hydrogens (primary N) is 1. The van der Waals surface area contributed by atoms with Gasteiger partial charge in [-0.15, -0.1) is 0 Å². The summed E-state index contributed by atoms with van der Waals surface area (Å²) in [5.74, 6) is -0.579. The summed E-state index contributed by atoms with van der Waals surface area (Å²) in [7, 11) is 0. The first-order chi connectivity index (χ1) is 6.25. The molecule has 0 spiro atoms. The highest BCUT2D eigenvalue weighted by atomic mass is 16.2. The molecule has 0 aliphatic rings. The summed E-state index contributed by atoms with van der Waals surface area (Å²) in [6.45, 7) is 4.00. The number of amides is 2. The van der Waals surface area contributed by atoms with Gasteiger partial charge in [-0.05, 0) is 12.1 Å². The first-order valence-corrected chi connectivity index (χ1v) is 3.93. The Labute approximate surface area is 76.5 Å². The average molecular weight is 183 g/mol. The Hall–Kier alpha value is -1.78. The van der Waals surface area contributed by atoms with E-state index in [1.807, 2.05) is 13.8 Å². The van der Waals surface area contributed by atoms with E-state index in [2.05, 4.69) is 5.43 Å². The molecule has 0 aromatic carbocycles. The number of aromatic nitrogens is 1. The van der Waals surface area contributed by atoms with Gasteiger partial charge in [0.25, 0.3) is 5.91 Å². The van der Waals surface area contributed by atoms with Gasteiger partial charge in [-0.3, -0.25) is 19.7 Å². The van der Waals surface area contributed by atoms with Crippen LogP contribution < -0.4 is 11.2 Å². The van der Waals surface area contributed by atoms with Gasteiger partial charge in [-0.1, -0.05) is 13.8 Å². The van der Waals surface area contributed by atoms with E-state index < -0.39 is 5.91 Å². The van der Waals surface area contributed by atoms with Crippen molar-refractivity contribution in [2.24, 2.45) is 5.73 Å². The zero-order valence-corrected chi connectivity index (χ0v) is 7.65. The Morgan fingerprint density at radius 3 is 2.69 bits per heavy atom. The Balaban J connectivity index is 0.000000671. The number of nitrogens with zero attached hydrogens (tertiary/aromatic N) is 1. The molecule has 2 amide bonds. The molecule has 0 fully saturated rings. The molecule has 0 saturated heterocycles. The van der Waals surface area contributed by atoms with Crippen LogP contribution >= 0.6 is 0 Å². The standard InChI is InChI=1S/C6H7N3O2.C2H6/c7-6(11)5-2-1-3-9(5)8-4-10;1-2/h1-4H,(H2,7,11)(H,8,10);1-2H3. The molecule has 5 nitrogen and oxygen atoms in total. The lowest BCUT2D eigenvalue weighted by Gasteiger charge is -2.01. The summed E-state index contributed by atoms with van der Waals surface area (Å²) in [4.78, 5) is 20.6. The molecule has 1 aromatic heterocycles. The fraction of sp³-hybridized carbons (Fsp3) is 0.250. The van der Waals surface area contributed by atoms with Crippen LogP contribution in [0.1, 0.15) is 24.3 Å². The number of hydrogen-bond acceptors (Lipinski definition) is 2. The molecule has 0 unspecified atom stereocenters. The lowest BCUT2D eigenvalue weighted by Crippen LogP contribution is -2.21. The van der Waals surface area contributed by atoms with Gasteiger partial charge in [-0.2, -0.15) is 0 Å². The van der Waals surface area contributed by atoms with E-state index in [1.165, 1.54) is 16.9 Å². The SMILES string of the molecule is CC.NC(=O)c1cccn1NC=O. The van der Waals surface area contributed by atoms with Gasteiger partial charge in [0, 0.05) is 6.20 Å². The Bertz CT molecular complexity index is 281. The van der Waals surface area contributed by atoms with Crippen LogP contribution in [-0.2, 0) is 4.79 Å². The minimum atomic E-state index is -0.579. The van der Waals surface area contributed by atoms with Gasteiger partial charge < -0.3 is 5.73 Å². The van der Waals surface area contributed by atoms with Gasteiger partial charge in [-0.25, -0.2) is 0 Å². The quantitative estimate of drug-likeness (QED) is 0.662. The van der Waals surface area contributed by atoms with Crippen LogP contribution in [-0.4, -0.2) is 17.0 Å². The lowest BCUT2D eigenvalue weighted by atomic mass is 10.4. The van der Waals surface area contributed by atoms with E-state index in [1.54, 1.807) is 6.07 Å². The van der Waals surface area contributed by atoms with E-state index in [4.69, 9.17) is 5.73 Å². The summed E-state index contributed by atoms with van der Waals surface area (Å²) in [6, 6.07) is 3.12. The van der Waals surface area contributed by atoms with Crippen molar-refractivity contribution in [1.82, 2.24) is 4.68 Å². The van der Waals surface area contributed by atoms with Crippen LogP contribution in [0.2, 0.25) is 0 Å². The Morgan fingerprint density at radius 2 is 2.23 bits per heavy atom. The van der Waals surface area contributed by atoms with Crippen molar-refractivity contribution in [2.45, 2.75) is 13.8 Å². The second-order valence-corrected chi connectivity index (χ2v) is 1.87. The summed E-state index contributed by atoms with van der Waals surface area (Å²) in [5, 5.41) is 0. The Morgan fingerprint density at radius 1 is 1.62 bits per heavy atom. The fourth-order valence-electron chi connectivity index (χ4n) is 0.751. The normalized spacial score (nSPS) is 8.15. The largest absolute Gasteiger partial charge is 0.364 e. The molecule has 0 radical (unpaired) electrons. The van der Waals surface area contributed by atoms with Crippen LogP contribution in [0.4, 0.5) is 0 Å². The second kappa shape index (κ2) is 5.82. The van der Waals surface area contributed by atoms with Crippen molar-refractivity contribution in [1.29, 1.82) is 0 Å². The van der Waals surface area contributed by atoms with Crippen molar-refractivity contribution >= 4 is 12.3 Å². The highest BCUT2D eigenvalue weighted by Crippen LogP contribution is 1.96. The molecule has 0 saturated carbocycles. The van der Waals surface area contributed by atoms with Crippen molar-refractivity contribution in [2.75, 3.05) is 5.43 Å². The number of hydrogen-bond donors (Lipinski definition) is 2. The number of carbonyl (C=O) groups excluding carboxylic acids is 2. The highest BCUT2D eigenvalue weighted by molar-refractivity contribution is 5.91. The number of primary amides is 1. The molecule has 1 rings (SSSR count). The first-order valence-electron chi connectivity index (χ1n) is 3.93. The molecule has 5 heteroatoms. The third-order valence-electron chi connectivity index (χ3n) is 1.19. The summed E-state index contributed by atoms with van der Waals surface area (Å²) >= 11 is 0. The monoisotopic (exact) mass is 183 g/mol. The summed E-state index contributed by atoms with van der Waals surface area (Å²) in [5.41, 5.74) is 7.49. The van der Waals surface area contributed by atoms with Crippen LogP contribution in [0, 0.1) is 0 Å². The molecule has 0 aliphatic heterocycles. The predicted octanol–water partition coefficient (Wildman–Crippen LogP) is 0.313. The molecule has 0 aliphatic carbocycles. The molecule has 0 atom stereocenters. The molecule has 72 valence electrons. The van der Waals surface area contributed by atoms with Gasteiger partial charge >= 0.3 is 0 Å². The summed E-state index contributed by atoms with van der Waals surface area (Å²) < 4.78 is 1.25. The molecule has 3 N–H and O–H groups in total. The van der Waals surface area contributed by atoms with E-state index in [0.717, 1.165) is 0 Å². The molecule has 13 heavy (non-hydrogen) atoms. The van der Waals surface area contributed by atoms with Crippen LogP contribution in [0.25, 0.3) is 0 Å². The fourth-order valence-corrected chi connectivity index (χ4v) is 0.751. The Kier molecular flexibility index (Phi) is 5.02. The third-order valence-corrected chi connectivity index (χ3v) is 1.19. The van der Waals surface area contributed by atoms with Crippen molar-refractivity contribution in [3.8, 4) is 0 Å². The van der Waals surface area contributed by atoms with Gasteiger partial charge in [0.15, 0.2) is 0 Å². The van der Waals surface area contributed by atoms with E-state index in [0.29, 0.717) is 6.41 Å². The van der Waals surface area contributed by atoms with Gasteiger partial charge in [0.05, 0.1) is 0 Å². The van der Waals surface area contributed by atoms with Gasteiger partial charge in [0.1, 0.15) is 5.69 Å². The highest BCUT2D eigenvalue weighted by Gasteiger charge is 2.04. The minimum Gasteiger partial charge on any atom is -0.364 e. The summed E-state index contributed by atoms with van der Waals surface area (Å²) in [6.07, 6.45) is 1.99. The van der Waals surface area contributed by atoms with E-state index in [-0.39, 0.29) is 5.69 Å². The van der Waals surface area contributed by atoms with E-state index in [9.17, 15) is 9.59 Å². The molecule has 1 heterocycles. The van der Waals surface area contributed by atoms with Gasteiger partial charge in [0.2, 0.25) is 6.41 Å². The van der Waals surface area contributed by atoms with Crippen LogP contribution in [0.5, 0.6) is 0 Å². The third kappa shape index (κ3) is 2.98. The molecular formula is C8H13N3O2. The minimum absolute atomic E-state index is 0.247. The first kappa shape index (κ1) is 11.2. The van der Waals surface area contributed by atoms with Crippen molar-refractivity contribution < 1.29 is 9.59 Å². The molecule has 0 bridgehead atoms. The molecule has 1 aromatic rings. The number of nitrogens with one attached hydrogen (secondary N) is 1. The maximum atomic E-state index is 10.6. The van der Waals surface area contributed by atoms with Crippen molar-refractivity contribution in [3.63, 3.8) is 0 Å².